The number of carbonyl (C=O) groups excluding carboxylic acids is 1. The highest BCUT2D eigenvalue weighted by Crippen LogP contribution is 2.13. The lowest BCUT2D eigenvalue weighted by atomic mass is 10.0. The fourth-order valence-electron chi connectivity index (χ4n) is 3.06. The molecule has 0 atom stereocenters. The van der Waals surface area contributed by atoms with Crippen LogP contribution in [0, 0.1) is 0 Å². The number of ether oxygens (including phenoxy) is 1. The van der Waals surface area contributed by atoms with Crippen LogP contribution in [-0.4, -0.2) is 12.6 Å². The fraction of sp³-hybridized carbons (Fsp3) is 0.870. The Bertz CT molecular complexity index is 296. The number of hydrogen-bond acceptors (Lipinski definition) is 2. The zero-order chi connectivity index (χ0) is 18.4. The molecule has 0 saturated heterocycles. The molecule has 0 rings (SSSR count). The van der Waals surface area contributed by atoms with Crippen molar-refractivity contribution in [2.24, 2.45) is 0 Å². The standard InChI is InChI=1S/C23H44O2/c1-3-5-6-7-8-9-10-11-12-13-14-15-16-17-18-19-20-21-23(24)25-22-4-2/h20-21H,3-19,22H2,1-2H3. The zero-order valence-electron chi connectivity index (χ0n) is 17.2. The average Bonchev–Trinajstić information content (AvgIpc) is 2.62. The minimum Gasteiger partial charge on any atom is -0.463 e. The fourth-order valence-corrected chi connectivity index (χ4v) is 3.06. The van der Waals surface area contributed by atoms with Crippen molar-refractivity contribution >= 4 is 5.97 Å². The van der Waals surface area contributed by atoms with Crippen molar-refractivity contribution in [3.05, 3.63) is 12.2 Å². The third kappa shape index (κ3) is 21.2. The van der Waals surface area contributed by atoms with Gasteiger partial charge in [-0.1, -0.05) is 110 Å². The van der Waals surface area contributed by atoms with Crippen molar-refractivity contribution < 1.29 is 9.53 Å². The second-order valence-corrected chi connectivity index (χ2v) is 7.31. The molecular weight excluding hydrogens is 308 g/mol. The molecule has 0 amide bonds. The summed E-state index contributed by atoms with van der Waals surface area (Å²) in [6.45, 7) is 4.82. The SMILES string of the molecule is CCCCCCCCCCCCCCCCCC=CC(=O)OCCC. The van der Waals surface area contributed by atoms with Crippen LogP contribution < -0.4 is 0 Å². The summed E-state index contributed by atoms with van der Waals surface area (Å²) in [6, 6.07) is 0. The van der Waals surface area contributed by atoms with Gasteiger partial charge in [-0.2, -0.15) is 0 Å². The van der Waals surface area contributed by atoms with Gasteiger partial charge in [-0.15, -0.1) is 0 Å². The largest absolute Gasteiger partial charge is 0.463 e. The van der Waals surface area contributed by atoms with Crippen molar-refractivity contribution in [2.45, 2.75) is 123 Å². The van der Waals surface area contributed by atoms with E-state index in [9.17, 15) is 4.79 Å². The summed E-state index contributed by atoms with van der Waals surface area (Å²) >= 11 is 0. The van der Waals surface area contributed by atoms with Crippen LogP contribution in [0.5, 0.6) is 0 Å². The summed E-state index contributed by atoms with van der Waals surface area (Å²) in [7, 11) is 0. The molecule has 0 spiro atoms. The van der Waals surface area contributed by atoms with Crippen molar-refractivity contribution in [3.63, 3.8) is 0 Å². The van der Waals surface area contributed by atoms with E-state index in [2.05, 4.69) is 6.92 Å². The maximum absolute atomic E-state index is 11.3. The highest BCUT2D eigenvalue weighted by atomic mass is 16.5. The van der Waals surface area contributed by atoms with E-state index in [-0.39, 0.29) is 5.97 Å². The number of rotatable bonds is 19. The van der Waals surface area contributed by atoms with Gasteiger partial charge in [0.25, 0.3) is 0 Å². The van der Waals surface area contributed by atoms with E-state index in [4.69, 9.17) is 4.74 Å². The van der Waals surface area contributed by atoms with E-state index in [0.29, 0.717) is 6.61 Å². The molecule has 0 aliphatic carbocycles. The van der Waals surface area contributed by atoms with Gasteiger partial charge in [0, 0.05) is 6.08 Å². The smallest absolute Gasteiger partial charge is 0.330 e. The maximum atomic E-state index is 11.3. The van der Waals surface area contributed by atoms with Crippen molar-refractivity contribution in [3.8, 4) is 0 Å². The molecule has 0 aromatic heterocycles. The Morgan fingerprint density at radius 1 is 0.640 bits per heavy atom. The number of esters is 1. The third-order valence-electron chi connectivity index (χ3n) is 4.68. The Kier molecular flexibility index (Phi) is 20.6. The summed E-state index contributed by atoms with van der Waals surface area (Å²) < 4.78 is 4.99. The van der Waals surface area contributed by atoms with Crippen LogP contribution in [-0.2, 0) is 9.53 Å². The van der Waals surface area contributed by atoms with Crippen LogP contribution in [0.15, 0.2) is 12.2 Å². The van der Waals surface area contributed by atoms with Crippen LogP contribution in [0.3, 0.4) is 0 Å². The first kappa shape index (κ1) is 24.2. The predicted octanol–water partition coefficient (Wildman–Crippen LogP) is 7.76. The molecule has 0 fully saturated rings. The van der Waals surface area contributed by atoms with Crippen molar-refractivity contribution in [1.29, 1.82) is 0 Å². The molecule has 25 heavy (non-hydrogen) atoms. The minimum absolute atomic E-state index is 0.192. The normalized spacial score (nSPS) is 11.3. The molecule has 0 heterocycles. The van der Waals surface area contributed by atoms with E-state index in [1.165, 1.54) is 96.3 Å². The predicted molar refractivity (Wildman–Crippen MR) is 110 cm³/mol. The van der Waals surface area contributed by atoms with Crippen LogP contribution >= 0.6 is 0 Å². The summed E-state index contributed by atoms with van der Waals surface area (Å²) in [5, 5.41) is 0. The molecule has 0 aromatic carbocycles. The summed E-state index contributed by atoms with van der Waals surface area (Å²) in [6.07, 6.45) is 26.3. The van der Waals surface area contributed by atoms with Gasteiger partial charge >= 0.3 is 5.97 Å². The Morgan fingerprint density at radius 2 is 1.08 bits per heavy atom. The molecule has 0 saturated carbocycles. The van der Waals surface area contributed by atoms with E-state index >= 15 is 0 Å². The molecular formula is C23H44O2. The number of carbonyl (C=O) groups is 1. The maximum Gasteiger partial charge on any atom is 0.330 e. The van der Waals surface area contributed by atoms with E-state index in [1.807, 2.05) is 13.0 Å². The highest BCUT2D eigenvalue weighted by Gasteiger charge is 1.95. The van der Waals surface area contributed by atoms with Gasteiger partial charge in [0.1, 0.15) is 0 Å². The topological polar surface area (TPSA) is 26.3 Å². The molecule has 0 radical (unpaired) electrons. The van der Waals surface area contributed by atoms with E-state index in [0.717, 1.165) is 12.8 Å². The Hall–Kier alpha value is -0.790. The van der Waals surface area contributed by atoms with Gasteiger partial charge in [0.2, 0.25) is 0 Å². The quantitative estimate of drug-likeness (QED) is 0.135. The third-order valence-corrected chi connectivity index (χ3v) is 4.68. The van der Waals surface area contributed by atoms with Gasteiger partial charge in [-0.3, -0.25) is 0 Å². The van der Waals surface area contributed by atoms with Crippen LogP contribution in [0.1, 0.15) is 123 Å². The Balaban J connectivity index is 3.11. The van der Waals surface area contributed by atoms with Crippen molar-refractivity contribution in [1.82, 2.24) is 0 Å². The second-order valence-electron chi connectivity index (χ2n) is 7.31. The van der Waals surface area contributed by atoms with Gasteiger partial charge < -0.3 is 4.74 Å². The average molecular weight is 353 g/mol. The Morgan fingerprint density at radius 3 is 1.52 bits per heavy atom. The highest BCUT2D eigenvalue weighted by molar-refractivity contribution is 5.81. The van der Waals surface area contributed by atoms with Crippen LogP contribution in [0.2, 0.25) is 0 Å². The van der Waals surface area contributed by atoms with Gasteiger partial charge in [-0.05, 0) is 19.3 Å². The summed E-state index contributed by atoms with van der Waals surface area (Å²) in [5.74, 6) is -0.192. The first-order chi connectivity index (χ1) is 12.3. The molecule has 148 valence electrons. The molecule has 0 aromatic rings. The molecule has 0 unspecified atom stereocenters. The molecule has 0 bridgehead atoms. The minimum atomic E-state index is -0.192. The van der Waals surface area contributed by atoms with Crippen LogP contribution in [0.4, 0.5) is 0 Å². The summed E-state index contributed by atoms with van der Waals surface area (Å²) in [5.41, 5.74) is 0. The lowest BCUT2D eigenvalue weighted by molar-refractivity contribution is -0.137. The van der Waals surface area contributed by atoms with Gasteiger partial charge in [0.05, 0.1) is 6.61 Å². The first-order valence-electron chi connectivity index (χ1n) is 11.1. The lowest BCUT2D eigenvalue weighted by Gasteiger charge is -2.03. The van der Waals surface area contributed by atoms with Gasteiger partial charge in [0.15, 0.2) is 0 Å². The van der Waals surface area contributed by atoms with E-state index < -0.39 is 0 Å². The number of unbranched alkanes of at least 4 members (excludes halogenated alkanes) is 15. The lowest BCUT2D eigenvalue weighted by Crippen LogP contribution is -2.00. The second kappa shape index (κ2) is 21.3. The Labute approximate surface area is 157 Å². The first-order valence-corrected chi connectivity index (χ1v) is 11.1. The molecule has 0 N–H and O–H groups in total. The van der Waals surface area contributed by atoms with Crippen LogP contribution in [0.25, 0.3) is 0 Å². The molecule has 2 nitrogen and oxygen atoms in total. The van der Waals surface area contributed by atoms with Gasteiger partial charge in [-0.25, -0.2) is 4.79 Å². The molecule has 2 heteroatoms. The van der Waals surface area contributed by atoms with E-state index in [1.54, 1.807) is 6.08 Å². The molecule has 0 aliphatic rings. The number of allylic oxidation sites excluding steroid dienone is 1. The molecule has 0 aliphatic heterocycles. The number of hydrogen-bond donors (Lipinski definition) is 0. The summed E-state index contributed by atoms with van der Waals surface area (Å²) in [4.78, 5) is 11.3. The zero-order valence-corrected chi connectivity index (χ0v) is 17.2. The van der Waals surface area contributed by atoms with Crippen molar-refractivity contribution in [2.75, 3.05) is 6.61 Å². The monoisotopic (exact) mass is 352 g/mol.